The lowest BCUT2D eigenvalue weighted by atomic mass is 10.1. The lowest BCUT2D eigenvalue weighted by Gasteiger charge is -2.30. The van der Waals surface area contributed by atoms with E-state index < -0.39 is 0 Å². The fourth-order valence-corrected chi connectivity index (χ4v) is 2.27. The lowest BCUT2D eigenvalue weighted by molar-refractivity contribution is 0.0904. The third-order valence-electron chi connectivity index (χ3n) is 3.14. The third kappa shape index (κ3) is 2.58. The Morgan fingerprint density at radius 2 is 2.35 bits per heavy atom. The molecule has 1 aliphatic rings. The first-order valence-electron chi connectivity index (χ1n) is 5.85. The van der Waals surface area contributed by atoms with Gasteiger partial charge in [0.05, 0.1) is 11.9 Å². The molecule has 1 atom stereocenters. The van der Waals surface area contributed by atoms with Gasteiger partial charge < -0.3 is 16.0 Å². The van der Waals surface area contributed by atoms with E-state index in [-0.39, 0.29) is 11.9 Å². The number of aromatic nitrogens is 2. The second kappa shape index (κ2) is 4.75. The molecule has 1 aliphatic heterocycles. The Labute approximate surface area is 101 Å². The van der Waals surface area contributed by atoms with Crippen molar-refractivity contribution in [1.29, 1.82) is 0 Å². The molecular weight excluding hydrogens is 218 g/mol. The average molecular weight is 237 g/mol. The topological polar surface area (TPSA) is 76.2 Å². The van der Waals surface area contributed by atoms with Gasteiger partial charge in [0, 0.05) is 19.6 Å². The van der Waals surface area contributed by atoms with Gasteiger partial charge in [0.15, 0.2) is 0 Å². The van der Waals surface area contributed by atoms with Crippen molar-refractivity contribution in [3.63, 3.8) is 0 Å². The van der Waals surface area contributed by atoms with Crippen molar-refractivity contribution < 1.29 is 4.79 Å². The van der Waals surface area contributed by atoms with Crippen LogP contribution in [0.15, 0.2) is 6.20 Å². The number of nitrogens with two attached hydrogens (primary N) is 1. The Kier molecular flexibility index (Phi) is 3.33. The van der Waals surface area contributed by atoms with Gasteiger partial charge in [0.1, 0.15) is 5.69 Å². The molecular formula is C11H19N5O. The van der Waals surface area contributed by atoms with Crippen LogP contribution in [0.5, 0.6) is 0 Å². The van der Waals surface area contributed by atoms with Crippen LogP contribution in [0.1, 0.15) is 23.3 Å². The van der Waals surface area contributed by atoms with Crippen LogP contribution in [0.2, 0.25) is 0 Å². The summed E-state index contributed by atoms with van der Waals surface area (Å²) in [5, 5.41) is 6.98. The van der Waals surface area contributed by atoms with Crippen molar-refractivity contribution in [3.05, 3.63) is 11.9 Å². The van der Waals surface area contributed by atoms with Crippen LogP contribution in [-0.4, -0.2) is 46.8 Å². The Balaban J connectivity index is 2.02. The summed E-state index contributed by atoms with van der Waals surface area (Å²) in [5.41, 5.74) is 6.59. The SMILES string of the molecule is CN1CCCC(NC(=O)c2c(N)cnn2C)C1. The van der Waals surface area contributed by atoms with E-state index in [0.717, 1.165) is 25.9 Å². The second-order valence-corrected chi connectivity index (χ2v) is 4.65. The van der Waals surface area contributed by atoms with Crippen molar-refractivity contribution in [2.45, 2.75) is 18.9 Å². The standard InChI is InChI=1S/C11H19N5O/c1-15-5-3-4-8(7-15)14-11(17)10-9(12)6-13-16(10)2/h6,8H,3-5,7,12H2,1-2H3,(H,14,17). The summed E-state index contributed by atoms with van der Waals surface area (Å²) < 4.78 is 1.51. The summed E-state index contributed by atoms with van der Waals surface area (Å²) in [6.07, 6.45) is 3.64. The number of hydrogen-bond donors (Lipinski definition) is 2. The highest BCUT2D eigenvalue weighted by atomic mass is 16.2. The zero-order valence-corrected chi connectivity index (χ0v) is 10.3. The molecule has 0 saturated carbocycles. The number of carbonyl (C=O) groups excluding carboxylic acids is 1. The molecule has 94 valence electrons. The summed E-state index contributed by atoms with van der Waals surface area (Å²) in [6, 6.07) is 0.204. The molecule has 2 rings (SSSR count). The minimum atomic E-state index is -0.136. The van der Waals surface area contributed by atoms with Gasteiger partial charge in [-0.3, -0.25) is 9.48 Å². The maximum atomic E-state index is 12.1. The predicted octanol–water partition coefficient (Wildman–Crippen LogP) is -0.174. The molecule has 0 aliphatic carbocycles. The van der Waals surface area contributed by atoms with E-state index in [2.05, 4.69) is 22.4 Å². The molecule has 1 aromatic rings. The molecule has 17 heavy (non-hydrogen) atoms. The number of anilines is 1. The average Bonchev–Trinajstić information content (AvgIpc) is 2.58. The lowest BCUT2D eigenvalue weighted by Crippen LogP contribution is -2.46. The third-order valence-corrected chi connectivity index (χ3v) is 3.14. The summed E-state index contributed by atoms with van der Waals surface area (Å²) in [4.78, 5) is 14.3. The molecule has 0 spiro atoms. The second-order valence-electron chi connectivity index (χ2n) is 4.65. The van der Waals surface area contributed by atoms with Crippen molar-refractivity contribution in [3.8, 4) is 0 Å². The predicted molar refractivity (Wildman–Crippen MR) is 65.6 cm³/mol. The van der Waals surface area contributed by atoms with E-state index in [9.17, 15) is 4.79 Å². The quantitative estimate of drug-likeness (QED) is 0.748. The molecule has 0 bridgehead atoms. The fraction of sp³-hybridized carbons (Fsp3) is 0.636. The van der Waals surface area contributed by atoms with Crippen LogP contribution >= 0.6 is 0 Å². The van der Waals surface area contributed by atoms with Gasteiger partial charge in [0.2, 0.25) is 0 Å². The molecule has 6 nitrogen and oxygen atoms in total. The van der Waals surface area contributed by atoms with Crippen LogP contribution in [0.3, 0.4) is 0 Å². The number of rotatable bonds is 2. The Morgan fingerprint density at radius 1 is 1.59 bits per heavy atom. The van der Waals surface area contributed by atoms with Crippen LogP contribution in [0.25, 0.3) is 0 Å². The number of nitrogens with one attached hydrogen (secondary N) is 1. The summed E-state index contributed by atoms with van der Waals surface area (Å²) in [6.45, 7) is 1.99. The monoisotopic (exact) mass is 237 g/mol. The fourth-order valence-electron chi connectivity index (χ4n) is 2.27. The maximum Gasteiger partial charge on any atom is 0.271 e. The first-order valence-corrected chi connectivity index (χ1v) is 5.85. The molecule has 0 radical (unpaired) electrons. The van der Waals surface area contributed by atoms with E-state index in [4.69, 9.17) is 5.73 Å². The first kappa shape index (κ1) is 11.9. The van der Waals surface area contributed by atoms with E-state index >= 15 is 0 Å². The van der Waals surface area contributed by atoms with Gasteiger partial charge in [-0.05, 0) is 26.4 Å². The largest absolute Gasteiger partial charge is 0.396 e. The molecule has 1 aromatic heterocycles. The van der Waals surface area contributed by atoms with E-state index in [1.54, 1.807) is 7.05 Å². The normalized spacial score (nSPS) is 21.4. The van der Waals surface area contributed by atoms with Crippen molar-refractivity contribution in [2.24, 2.45) is 7.05 Å². The number of hydrogen-bond acceptors (Lipinski definition) is 4. The number of likely N-dealkylation sites (N-methyl/N-ethyl adjacent to an activating group) is 1. The van der Waals surface area contributed by atoms with Crippen molar-refractivity contribution in [2.75, 3.05) is 25.9 Å². The summed E-state index contributed by atoms with van der Waals surface area (Å²) >= 11 is 0. The number of nitrogens with zero attached hydrogens (tertiary/aromatic N) is 3. The number of carbonyl (C=O) groups is 1. The highest BCUT2D eigenvalue weighted by molar-refractivity contribution is 5.97. The first-order chi connectivity index (χ1) is 8.08. The van der Waals surface area contributed by atoms with E-state index in [1.807, 2.05) is 0 Å². The molecule has 0 aromatic carbocycles. The summed E-state index contributed by atoms with van der Waals surface area (Å²) in [5.74, 6) is -0.136. The number of amides is 1. The van der Waals surface area contributed by atoms with Gasteiger partial charge in [0.25, 0.3) is 5.91 Å². The van der Waals surface area contributed by atoms with Crippen molar-refractivity contribution in [1.82, 2.24) is 20.0 Å². The maximum absolute atomic E-state index is 12.1. The number of likely N-dealkylation sites (tertiary alicyclic amines) is 1. The Morgan fingerprint density at radius 3 is 2.94 bits per heavy atom. The van der Waals surface area contributed by atoms with Gasteiger partial charge in [-0.15, -0.1) is 0 Å². The molecule has 1 saturated heterocycles. The van der Waals surface area contributed by atoms with Crippen LogP contribution in [0.4, 0.5) is 5.69 Å². The minimum absolute atomic E-state index is 0.136. The smallest absolute Gasteiger partial charge is 0.271 e. The molecule has 2 heterocycles. The Bertz CT molecular complexity index is 394. The van der Waals surface area contributed by atoms with Gasteiger partial charge >= 0.3 is 0 Å². The molecule has 1 amide bonds. The number of nitrogen functional groups attached to an aromatic ring is 1. The van der Waals surface area contributed by atoms with Crippen molar-refractivity contribution >= 4 is 11.6 Å². The molecule has 1 fully saturated rings. The Hall–Kier alpha value is -1.56. The molecule has 6 heteroatoms. The van der Waals surface area contributed by atoms with Crippen LogP contribution < -0.4 is 11.1 Å². The van der Waals surface area contributed by atoms with Crippen LogP contribution in [0, 0.1) is 0 Å². The number of aryl methyl sites for hydroxylation is 1. The van der Waals surface area contributed by atoms with Crippen LogP contribution in [-0.2, 0) is 7.05 Å². The molecule has 1 unspecified atom stereocenters. The van der Waals surface area contributed by atoms with Gasteiger partial charge in [-0.1, -0.05) is 0 Å². The zero-order valence-electron chi connectivity index (χ0n) is 10.3. The zero-order chi connectivity index (χ0) is 12.4. The van der Waals surface area contributed by atoms with E-state index in [1.165, 1.54) is 10.9 Å². The minimum Gasteiger partial charge on any atom is -0.396 e. The number of piperidine rings is 1. The van der Waals surface area contributed by atoms with Gasteiger partial charge in [-0.2, -0.15) is 5.10 Å². The molecule has 3 N–H and O–H groups in total. The summed E-state index contributed by atoms with van der Waals surface area (Å²) in [7, 11) is 3.79. The van der Waals surface area contributed by atoms with Gasteiger partial charge in [-0.25, -0.2) is 0 Å². The highest BCUT2D eigenvalue weighted by Gasteiger charge is 2.22. The highest BCUT2D eigenvalue weighted by Crippen LogP contribution is 2.12. The van der Waals surface area contributed by atoms with E-state index in [0.29, 0.717) is 11.4 Å².